The molecule has 1 saturated carbocycles. The average Bonchev–Trinajstić information content (AvgIpc) is 2.98. The molecule has 128 valence electrons. The zero-order chi connectivity index (χ0) is 16.7. The van der Waals surface area contributed by atoms with Gasteiger partial charge in [-0.05, 0) is 32.6 Å². The van der Waals surface area contributed by atoms with E-state index in [9.17, 15) is 5.11 Å². The third kappa shape index (κ3) is 2.93. The molecule has 3 heterocycles. The van der Waals surface area contributed by atoms with Gasteiger partial charge in [-0.3, -0.25) is 5.10 Å². The van der Waals surface area contributed by atoms with E-state index < -0.39 is 0 Å². The fourth-order valence-electron chi connectivity index (χ4n) is 3.63. The van der Waals surface area contributed by atoms with E-state index >= 15 is 0 Å². The highest BCUT2D eigenvalue weighted by Gasteiger charge is 2.31. The Morgan fingerprint density at radius 2 is 1.92 bits per heavy atom. The Bertz CT molecular complexity index is 717. The van der Waals surface area contributed by atoms with Crippen molar-refractivity contribution in [2.24, 2.45) is 0 Å². The normalized spacial score (nSPS) is 24.8. The Balaban J connectivity index is 1.45. The van der Waals surface area contributed by atoms with E-state index in [4.69, 9.17) is 5.73 Å². The van der Waals surface area contributed by atoms with Gasteiger partial charge < -0.3 is 15.7 Å². The molecule has 24 heavy (non-hydrogen) atoms. The number of nitrogens with zero attached hydrogens (tertiary/aromatic N) is 5. The largest absolute Gasteiger partial charge is 0.393 e. The van der Waals surface area contributed by atoms with Crippen LogP contribution in [0.5, 0.6) is 0 Å². The number of aliphatic hydroxyl groups excluding tert-OH is 1. The highest BCUT2D eigenvalue weighted by atomic mass is 16.3. The first kappa shape index (κ1) is 15.3. The van der Waals surface area contributed by atoms with Crippen molar-refractivity contribution in [2.45, 2.75) is 50.5 Å². The molecule has 4 rings (SSSR count). The van der Waals surface area contributed by atoms with Crippen molar-refractivity contribution in [3.63, 3.8) is 0 Å². The molecule has 2 aromatic rings. The molecule has 0 spiro atoms. The molecule has 0 unspecified atom stereocenters. The topological polar surface area (TPSA) is 117 Å². The molecule has 8 heteroatoms. The molecule has 8 nitrogen and oxygen atoms in total. The zero-order valence-corrected chi connectivity index (χ0v) is 13.8. The maximum atomic E-state index is 9.53. The number of aryl methyl sites for hydroxylation is 1. The number of aliphatic hydroxyl groups is 1. The molecule has 0 aromatic carbocycles. The number of nitrogen functional groups attached to an aromatic ring is 1. The first-order valence-electron chi connectivity index (χ1n) is 8.55. The monoisotopic (exact) mass is 329 g/mol. The van der Waals surface area contributed by atoms with E-state index in [0.717, 1.165) is 61.9 Å². The van der Waals surface area contributed by atoms with E-state index in [1.54, 1.807) is 0 Å². The molecule has 1 saturated heterocycles. The van der Waals surface area contributed by atoms with Gasteiger partial charge >= 0.3 is 0 Å². The average molecular weight is 329 g/mol. The van der Waals surface area contributed by atoms with Crippen LogP contribution in [-0.2, 0) is 0 Å². The van der Waals surface area contributed by atoms with Crippen molar-refractivity contribution in [3.05, 3.63) is 23.4 Å². The summed E-state index contributed by atoms with van der Waals surface area (Å²) in [6.07, 6.45) is 3.44. The van der Waals surface area contributed by atoms with Gasteiger partial charge in [-0.15, -0.1) is 5.10 Å². The van der Waals surface area contributed by atoms with Crippen LogP contribution in [0.1, 0.15) is 54.9 Å². The number of aromatic nitrogens is 5. The molecule has 0 amide bonds. The third-order valence-electron chi connectivity index (χ3n) is 5.10. The van der Waals surface area contributed by atoms with Crippen molar-refractivity contribution in [2.75, 3.05) is 23.7 Å². The molecular weight excluding hydrogens is 306 g/mol. The van der Waals surface area contributed by atoms with E-state index in [1.807, 2.05) is 6.92 Å². The minimum absolute atomic E-state index is 0.168. The predicted molar refractivity (Wildman–Crippen MR) is 89.7 cm³/mol. The van der Waals surface area contributed by atoms with Gasteiger partial charge in [0, 0.05) is 36.7 Å². The minimum atomic E-state index is -0.168. The van der Waals surface area contributed by atoms with Gasteiger partial charge in [-0.2, -0.15) is 4.98 Å². The second-order valence-electron chi connectivity index (χ2n) is 6.86. The summed E-state index contributed by atoms with van der Waals surface area (Å²) >= 11 is 0. The van der Waals surface area contributed by atoms with Gasteiger partial charge in [0.25, 0.3) is 0 Å². The summed E-state index contributed by atoms with van der Waals surface area (Å²) in [6, 6.07) is 2.09. The van der Waals surface area contributed by atoms with E-state index in [0.29, 0.717) is 17.8 Å². The summed E-state index contributed by atoms with van der Waals surface area (Å²) in [6.45, 7) is 3.79. The van der Waals surface area contributed by atoms with Gasteiger partial charge in [-0.25, -0.2) is 9.97 Å². The molecule has 0 bridgehead atoms. The number of H-pyrrole nitrogens is 1. The van der Waals surface area contributed by atoms with E-state index in [1.165, 1.54) is 0 Å². The number of nitrogens with one attached hydrogen (secondary N) is 1. The summed E-state index contributed by atoms with van der Waals surface area (Å²) in [5.74, 6) is 3.73. The zero-order valence-electron chi connectivity index (χ0n) is 13.8. The number of hydrogen-bond donors (Lipinski definition) is 3. The van der Waals surface area contributed by atoms with Gasteiger partial charge in [-0.1, -0.05) is 0 Å². The number of hydrogen-bond acceptors (Lipinski definition) is 7. The second-order valence-corrected chi connectivity index (χ2v) is 6.86. The highest BCUT2D eigenvalue weighted by molar-refractivity contribution is 5.42. The summed E-state index contributed by atoms with van der Waals surface area (Å²) in [5, 5.41) is 16.4. The molecule has 1 aliphatic heterocycles. The van der Waals surface area contributed by atoms with Crippen molar-refractivity contribution < 1.29 is 5.11 Å². The fraction of sp³-hybridized carbons (Fsp3) is 0.625. The Kier molecular flexibility index (Phi) is 3.84. The van der Waals surface area contributed by atoms with Gasteiger partial charge in [0.2, 0.25) is 5.95 Å². The van der Waals surface area contributed by atoms with Gasteiger partial charge in [0.15, 0.2) is 0 Å². The van der Waals surface area contributed by atoms with Crippen molar-refractivity contribution in [1.29, 1.82) is 0 Å². The van der Waals surface area contributed by atoms with Crippen LogP contribution in [0.25, 0.3) is 0 Å². The highest BCUT2D eigenvalue weighted by Crippen LogP contribution is 2.37. The van der Waals surface area contributed by atoms with E-state index in [2.05, 4.69) is 36.1 Å². The molecule has 4 N–H and O–H groups in total. The maximum absolute atomic E-state index is 9.53. The summed E-state index contributed by atoms with van der Waals surface area (Å²) in [4.78, 5) is 15.7. The lowest BCUT2D eigenvalue weighted by molar-refractivity contribution is 0.0731. The fourth-order valence-corrected chi connectivity index (χ4v) is 3.63. The van der Waals surface area contributed by atoms with Crippen LogP contribution in [0.15, 0.2) is 6.07 Å². The summed E-state index contributed by atoms with van der Waals surface area (Å²) < 4.78 is 0. The quantitative estimate of drug-likeness (QED) is 0.772. The summed E-state index contributed by atoms with van der Waals surface area (Å²) in [5.41, 5.74) is 6.66. The maximum Gasteiger partial charge on any atom is 0.239 e. The molecular formula is C16H23N7O. The van der Waals surface area contributed by atoms with Crippen LogP contribution >= 0.6 is 0 Å². The van der Waals surface area contributed by atoms with Crippen LogP contribution in [0.2, 0.25) is 0 Å². The second kappa shape index (κ2) is 6.01. The predicted octanol–water partition coefficient (Wildman–Crippen LogP) is 1.11. The molecule has 2 aromatic heterocycles. The minimum Gasteiger partial charge on any atom is -0.393 e. The Labute approximate surface area is 140 Å². The lowest BCUT2D eigenvalue weighted by Crippen LogP contribution is -2.34. The smallest absolute Gasteiger partial charge is 0.239 e. The van der Waals surface area contributed by atoms with Crippen molar-refractivity contribution in [3.8, 4) is 0 Å². The van der Waals surface area contributed by atoms with Crippen LogP contribution in [0.3, 0.4) is 0 Å². The SMILES string of the molecule is Cc1nc(C2CC(O)C2)cc(N2CCC(c3nc(N)n[nH]3)CC2)n1. The van der Waals surface area contributed by atoms with Crippen molar-refractivity contribution in [1.82, 2.24) is 25.1 Å². The van der Waals surface area contributed by atoms with Crippen LogP contribution in [0.4, 0.5) is 11.8 Å². The molecule has 2 aliphatic rings. The molecule has 2 fully saturated rings. The summed E-state index contributed by atoms with van der Waals surface area (Å²) in [7, 11) is 0. The van der Waals surface area contributed by atoms with Crippen molar-refractivity contribution >= 4 is 11.8 Å². The molecule has 0 atom stereocenters. The standard InChI is InChI=1S/C16H23N7O/c1-9-18-13(11-6-12(24)7-11)8-14(19-9)23-4-2-10(3-5-23)15-20-16(17)22-21-15/h8,10-12,24H,2-7H2,1H3,(H3,17,20,21,22). The number of rotatable bonds is 3. The van der Waals surface area contributed by atoms with Gasteiger partial charge in [0.05, 0.1) is 6.10 Å². The molecule has 1 aliphatic carbocycles. The Hall–Kier alpha value is -2.22. The molecule has 0 radical (unpaired) electrons. The Morgan fingerprint density at radius 1 is 1.17 bits per heavy atom. The Morgan fingerprint density at radius 3 is 2.54 bits per heavy atom. The van der Waals surface area contributed by atoms with Crippen LogP contribution in [0, 0.1) is 6.92 Å². The first-order chi connectivity index (χ1) is 11.6. The third-order valence-corrected chi connectivity index (χ3v) is 5.10. The van der Waals surface area contributed by atoms with E-state index in [-0.39, 0.29) is 6.10 Å². The van der Waals surface area contributed by atoms with Crippen LogP contribution in [-0.4, -0.2) is 49.4 Å². The lowest BCUT2D eigenvalue weighted by Gasteiger charge is -2.34. The number of aromatic amines is 1. The van der Waals surface area contributed by atoms with Gasteiger partial charge in [0.1, 0.15) is 17.5 Å². The first-order valence-corrected chi connectivity index (χ1v) is 8.55. The number of anilines is 2. The number of nitrogens with two attached hydrogens (primary N) is 1. The number of piperidine rings is 1. The lowest BCUT2D eigenvalue weighted by atomic mass is 9.80. The van der Waals surface area contributed by atoms with Crippen LogP contribution < -0.4 is 10.6 Å².